The number of nitrogens with one attached hydrogen (secondary N) is 2. The van der Waals surface area contributed by atoms with E-state index >= 15 is 0 Å². The Balaban J connectivity index is 1.40. The molecule has 0 heterocycles. The zero-order valence-corrected chi connectivity index (χ0v) is 17.6. The summed E-state index contributed by atoms with van der Waals surface area (Å²) in [5.41, 5.74) is 4.37. The number of carbonyl (C=O) groups is 3. The van der Waals surface area contributed by atoms with E-state index in [1.165, 1.54) is 0 Å². The van der Waals surface area contributed by atoms with Crippen LogP contribution in [-0.4, -0.2) is 41.8 Å². The smallest absolute Gasteiger partial charge is 0.407 e. The normalized spacial score (nSPS) is 19.0. The van der Waals surface area contributed by atoms with Crippen molar-refractivity contribution in [3.8, 4) is 11.1 Å². The van der Waals surface area contributed by atoms with Crippen molar-refractivity contribution in [3.63, 3.8) is 0 Å². The zero-order valence-electron chi connectivity index (χ0n) is 17.6. The van der Waals surface area contributed by atoms with Gasteiger partial charge in [0.15, 0.2) is 0 Å². The maximum Gasteiger partial charge on any atom is 0.407 e. The summed E-state index contributed by atoms with van der Waals surface area (Å²) in [7, 11) is 0. The van der Waals surface area contributed by atoms with Gasteiger partial charge in [0.1, 0.15) is 12.6 Å². The van der Waals surface area contributed by atoms with Crippen molar-refractivity contribution >= 4 is 18.0 Å². The van der Waals surface area contributed by atoms with Crippen LogP contribution < -0.4 is 10.6 Å². The van der Waals surface area contributed by atoms with Crippen LogP contribution in [0.1, 0.15) is 43.7 Å². The SMILES string of the molecule is CC1(C)CC1NC(=O)C(CC(=O)O)NC(=O)OCC1c2ccccc2-c2ccccc21. The number of hydrogen-bond donors (Lipinski definition) is 3. The fraction of sp³-hybridized carbons (Fsp3) is 0.375. The van der Waals surface area contributed by atoms with Gasteiger partial charge in [-0.2, -0.15) is 0 Å². The molecule has 0 aromatic heterocycles. The molecule has 2 aliphatic rings. The predicted octanol–water partition coefficient (Wildman–Crippen LogP) is 3.28. The largest absolute Gasteiger partial charge is 0.481 e. The molecule has 2 atom stereocenters. The maximum atomic E-state index is 12.5. The van der Waals surface area contributed by atoms with Crippen molar-refractivity contribution in [2.45, 2.75) is 44.7 Å². The summed E-state index contributed by atoms with van der Waals surface area (Å²) in [6.07, 6.45) is -0.495. The Kier molecular flexibility index (Phi) is 5.43. The monoisotopic (exact) mass is 422 g/mol. The molecule has 0 radical (unpaired) electrons. The van der Waals surface area contributed by atoms with E-state index in [2.05, 4.69) is 10.6 Å². The Bertz CT molecular complexity index is 987. The molecule has 3 N–H and O–H groups in total. The van der Waals surface area contributed by atoms with E-state index in [9.17, 15) is 14.4 Å². The molecule has 4 rings (SSSR count). The van der Waals surface area contributed by atoms with Crippen molar-refractivity contribution in [2.75, 3.05) is 6.61 Å². The minimum absolute atomic E-state index is 0.00675. The van der Waals surface area contributed by atoms with Gasteiger partial charge in [-0.15, -0.1) is 0 Å². The second-order valence-corrected chi connectivity index (χ2v) is 8.87. The number of carboxylic acid groups (broad SMARTS) is 1. The minimum atomic E-state index is -1.19. The Labute approximate surface area is 180 Å². The number of alkyl carbamates (subject to hydrolysis) is 1. The number of benzene rings is 2. The van der Waals surface area contributed by atoms with Crippen LogP contribution in [0.15, 0.2) is 48.5 Å². The second kappa shape index (κ2) is 8.06. The van der Waals surface area contributed by atoms with Crippen LogP contribution in [-0.2, 0) is 14.3 Å². The lowest BCUT2D eigenvalue weighted by molar-refractivity contribution is -0.139. The van der Waals surface area contributed by atoms with Gasteiger partial charge in [-0.1, -0.05) is 62.4 Å². The van der Waals surface area contributed by atoms with Gasteiger partial charge in [0.2, 0.25) is 5.91 Å². The van der Waals surface area contributed by atoms with Crippen molar-refractivity contribution in [1.82, 2.24) is 10.6 Å². The lowest BCUT2D eigenvalue weighted by Crippen LogP contribution is -2.49. The molecule has 2 aliphatic carbocycles. The van der Waals surface area contributed by atoms with E-state index < -0.39 is 30.4 Å². The highest BCUT2D eigenvalue weighted by Crippen LogP contribution is 2.45. The number of fused-ring (bicyclic) bond motifs is 3. The van der Waals surface area contributed by atoms with Crippen LogP contribution in [0.25, 0.3) is 11.1 Å². The van der Waals surface area contributed by atoms with Crippen LogP contribution in [0.2, 0.25) is 0 Å². The third-order valence-corrected chi connectivity index (χ3v) is 6.16. The molecule has 0 aliphatic heterocycles. The molecule has 0 spiro atoms. The van der Waals surface area contributed by atoms with Crippen LogP contribution in [0.5, 0.6) is 0 Å². The van der Waals surface area contributed by atoms with E-state index in [-0.39, 0.29) is 24.0 Å². The van der Waals surface area contributed by atoms with Crippen molar-refractivity contribution in [2.24, 2.45) is 5.41 Å². The number of ether oxygens (including phenoxy) is 1. The predicted molar refractivity (Wildman–Crippen MR) is 115 cm³/mol. The van der Waals surface area contributed by atoms with Crippen molar-refractivity contribution < 1.29 is 24.2 Å². The highest BCUT2D eigenvalue weighted by molar-refractivity contribution is 5.89. The first-order chi connectivity index (χ1) is 14.8. The first kappa shape index (κ1) is 20.9. The second-order valence-electron chi connectivity index (χ2n) is 8.87. The number of carboxylic acids is 1. The standard InChI is InChI=1S/C24H26N2O5/c1-24(2)12-20(24)26-22(29)19(11-21(27)28)25-23(30)31-13-18-16-9-5-3-7-14(16)15-8-4-6-10-17(15)18/h3-10,18-20H,11-13H2,1-2H3,(H,25,30)(H,26,29)(H,27,28). The topological polar surface area (TPSA) is 105 Å². The van der Waals surface area contributed by atoms with Gasteiger partial charge in [-0.25, -0.2) is 4.79 Å². The van der Waals surface area contributed by atoms with E-state index in [0.29, 0.717) is 0 Å². The molecule has 2 amide bonds. The molecule has 0 saturated heterocycles. The molecule has 2 aromatic carbocycles. The van der Waals surface area contributed by atoms with Crippen LogP contribution >= 0.6 is 0 Å². The van der Waals surface area contributed by atoms with E-state index in [1.807, 2.05) is 62.4 Å². The molecule has 31 heavy (non-hydrogen) atoms. The lowest BCUT2D eigenvalue weighted by Gasteiger charge is -2.19. The Morgan fingerprint density at radius 3 is 2.13 bits per heavy atom. The van der Waals surface area contributed by atoms with Crippen LogP contribution in [0.4, 0.5) is 4.79 Å². The molecule has 2 aromatic rings. The molecule has 1 saturated carbocycles. The fourth-order valence-corrected chi connectivity index (χ4v) is 4.15. The third-order valence-electron chi connectivity index (χ3n) is 6.16. The molecule has 162 valence electrons. The van der Waals surface area contributed by atoms with E-state index in [0.717, 1.165) is 28.7 Å². The van der Waals surface area contributed by atoms with Crippen molar-refractivity contribution in [1.29, 1.82) is 0 Å². The van der Waals surface area contributed by atoms with Gasteiger partial charge < -0.3 is 20.5 Å². The minimum Gasteiger partial charge on any atom is -0.481 e. The highest BCUT2D eigenvalue weighted by Gasteiger charge is 2.47. The summed E-state index contributed by atoms with van der Waals surface area (Å²) in [5.74, 6) is -1.79. The fourth-order valence-electron chi connectivity index (χ4n) is 4.15. The third kappa shape index (κ3) is 4.40. The van der Waals surface area contributed by atoms with Gasteiger partial charge in [-0.05, 0) is 34.1 Å². The number of aliphatic carboxylic acids is 1. The summed E-state index contributed by atoms with van der Waals surface area (Å²) < 4.78 is 5.44. The molecule has 7 nitrogen and oxygen atoms in total. The van der Waals surface area contributed by atoms with Gasteiger partial charge in [0.05, 0.1) is 6.42 Å². The number of hydrogen-bond acceptors (Lipinski definition) is 4. The summed E-state index contributed by atoms with van der Waals surface area (Å²) in [6, 6.07) is 14.8. The van der Waals surface area contributed by atoms with Gasteiger partial charge in [-0.3, -0.25) is 9.59 Å². The summed E-state index contributed by atoms with van der Waals surface area (Å²) >= 11 is 0. The quantitative estimate of drug-likeness (QED) is 0.635. The van der Waals surface area contributed by atoms with Gasteiger partial charge >= 0.3 is 12.1 Å². The number of rotatable bonds is 7. The Hall–Kier alpha value is -3.35. The molecule has 0 bridgehead atoms. The van der Waals surface area contributed by atoms with Crippen molar-refractivity contribution in [3.05, 3.63) is 59.7 Å². The maximum absolute atomic E-state index is 12.5. The van der Waals surface area contributed by atoms with E-state index in [1.54, 1.807) is 0 Å². The summed E-state index contributed by atoms with van der Waals surface area (Å²) in [5, 5.41) is 14.4. The molecule has 7 heteroatoms. The Morgan fingerprint density at radius 2 is 1.61 bits per heavy atom. The average molecular weight is 422 g/mol. The number of carbonyl (C=O) groups excluding carboxylic acids is 2. The molecule has 1 fully saturated rings. The summed E-state index contributed by atoms with van der Waals surface area (Å²) in [6.45, 7) is 4.13. The molecular weight excluding hydrogens is 396 g/mol. The zero-order chi connectivity index (χ0) is 22.2. The van der Waals surface area contributed by atoms with Crippen LogP contribution in [0.3, 0.4) is 0 Å². The molecule has 2 unspecified atom stereocenters. The Morgan fingerprint density at radius 1 is 1.06 bits per heavy atom. The van der Waals surface area contributed by atoms with E-state index in [4.69, 9.17) is 9.84 Å². The first-order valence-electron chi connectivity index (χ1n) is 10.4. The van der Waals surface area contributed by atoms with Gasteiger partial charge in [0.25, 0.3) is 0 Å². The first-order valence-corrected chi connectivity index (χ1v) is 10.4. The molecular formula is C24H26N2O5. The summed E-state index contributed by atoms with van der Waals surface area (Å²) in [4.78, 5) is 36.1. The highest BCUT2D eigenvalue weighted by atomic mass is 16.5. The van der Waals surface area contributed by atoms with Crippen LogP contribution in [0, 0.1) is 5.41 Å². The van der Waals surface area contributed by atoms with Gasteiger partial charge in [0, 0.05) is 12.0 Å². The average Bonchev–Trinajstić information content (AvgIpc) is 3.19. The number of amides is 2. The lowest BCUT2D eigenvalue weighted by atomic mass is 9.98.